The van der Waals surface area contributed by atoms with Crippen molar-refractivity contribution < 1.29 is 9.53 Å². The maximum atomic E-state index is 11.8. The van der Waals surface area contributed by atoms with Gasteiger partial charge in [0.15, 0.2) is 5.96 Å². The highest BCUT2D eigenvalue weighted by molar-refractivity contribution is 5.80. The first kappa shape index (κ1) is 21.8. The third kappa shape index (κ3) is 7.56. The van der Waals surface area contributed by atoms with E-state index in [2.05, 4.69) is 29.4 Å². The first-order chi connectivity index (χ1) is 13.1. The van der Waals surface area contributed by atoms with E-state index in [9.17, 15) is 4.79 Å². The van der Waals surface area contributed by atoms with Crippen LogP contribution >= 0.6 is 0 Å². The number of carbonyl (C=O) groups excluding carboxylic acids is 1. The third-order valence-electron chi connectivity index (χ3n) is 5.52. The number of likely N-dealkylation sites (tertiary alicyclic amines) is 2. The molecule has 2 aliphatic rings. The van der Waals surface area contributed by atoms with Crippen molar-refractivity contribution >= 4 is 12.1 Å². The molecule has 2 saturated heterocycles. The summed E-state index contributed by atoms with van der Waals surface area (Å²) >= 11 is 0. The fourth-order valence-corrected chi connectivity index (χ4v) is 3.89. The Morgan fingerprint density at radius 3 is 2.59 bits per heavy atom. The fraction of sp³-hybridized carbons (Fsp3) is 0.900. The van der Waals surface area contributed by atoms with Crippen LogP contribution in [0.15, 0.2) is 4.99 Å². The molecular formula is C20H39N5O2. The number of carbonyl (C=O) groups is 1. The van der Waals surface area contributed by atoms with Crippen molar-refractivity contribution in [3.05, 3.63) is 0 Å². The van der Waals surface area contributed by atoms with Gasteiger partial charge in [-0.1, -0.05) is 6.42 Å². The molecule has 0 aromatic heterocycles. The average Bonchev–Trinajstić information content (AvgIpc) is 2.67. The van der Waals surface area contributed by atoms with Gasteiger partial charge in [-0.25, -0.2) is 4.79 Å². The number of hydrogen-bond donors (Lipinski definition) is 2. The Balaban J connectivity index is 1.71. The Hall–Kier alpha value is -1.50. The predicted octanol–water partition coefficient (Wildman–Crippen LogP) is 2.43. The molecule has 2 fully saturated rings. The van der Waals surface area contributed by atoms with Crippen LogP contribution in [0, 0.1) is 0 Å². The smallest absolute Gasteiger partial charge is 0.409 e. The van der Waals surface area contributed by atoms with Crippen LogP contribution < -0.4 is 10.6 Å². The number of nitrogens with one attached hydrogen (secondary N) is 2. The van der Waals surface area contributed by atoms with Crippen LogP contribution in [0.4, 0.5) is 4.79 Å². The van der Waals surface area contributed by atoms with Gasteiger partial charge in [-0.15, -0.1) is 0 Å². The first-order valence-electron chi connectivity index (χ1n) is 10.8. The molecule has 7 nitrogen and oxygen atoms in total. The van der Waals surface area contributed by atoms with Crippen LogP contribution in [0.1, 0.15) is 59.3 Å². The molecule has 0 aromatic carbocycles. The maximum Gasteiger partial charge on any atom is 0.409 e. The number of piperidine rings is 2. The Labute approximate surface area is 164 Å². The normalized spacial score (nSPS) is 22.6. The number of guanidine groups is 1. The minimum Gasteiger partial charge on any atom is -0.450 e. The fourth-order valence-electron chi connectivity index (χ4n) is 3.89. The van der Waals surface area contributed by atoms with Gasteiger partial charge in [0.1, 0.15) is 0 Å². The van der Waals surface area contributed by atoms with Crippen LogP contribution in [0.25, 0.3) is 0 Å². The summed E-state index contributed by atoms with van der Waals surface area (Å²) in [4.78, 5) is 21.0. The second-order valence-electron chi connectivity index (χ2n) is 7.60. The quantitative estimate of drug-likeness (QED) is 0.403. The molecule has 2 rings (SSSR count). The summed E-state index contributed by atoms with van der Waals surface area (Å²) in [6.07, 6.45) is 6.80. The molecule has 156 valence electrons. The summed E-state index contributed by atoms with van der Waals surface area (Å²) in [5.74, 6) is 0.902. The van der Waals surface area contributed by atoms with E-state index in [1.54, 1.807) is 4.90 Å². The van der Waals surface area contributed by atoms with Crippen LogP contribution in [-0.4, -0.2) is 79.8 Å². The molecule has 0 aliphatic carbocycles. The summed E-state index contributed by atoms with van der Waals surface area (Å²) in [6.45, 7) is 12.3. The van der Waals surface area contributed by atoms with E-state index in [1.807, 2.05) is 6.92 Å². The highest BCUT2D eigenvalue weighted by atomic mass is 16.6. The molecule has 27 heavy (non-hydrogen) atoms. The molecule has 2 N–H and O–H groups in total. The molecule has 1 atom stereocenters. The van der Waals surface area contributed by atoms with E-state index >= 15 is 0 Å². The topological polar surface area (TPSA) is 69.2 Å². The monoisotopic (exact) mass is 381 g/mol. The van der Waals surface area contributed by atoms with Gasteiger partial charge in [0, 0.05) is 44.8 Å². The zero-order valence-corrected chi connectivity index (χ0v) is 17.5. The van der Waals surface area contributed by atoms with E-state index in [0.29, 0.717) is 12.6 Å². The summed E-state index contributed by atoms with van der Waals surface area (Å²) in [5, 5.41) is 6.89. The standard InChI is InChI=1S/C20H39N5O2/c1-4-21-19(22-12-8-14-24-13-7-6-9-17(24)3)23-18-10-15-25(16-11-18)20(26)27-5-2/h17-18H,4-16H2,1-3H3,(H2,21,22,23). The highest BCUT2D eigenvalue weighted by Gasteiger charge is 2.24. The van der Waals surface area contributed by atoms with E-state index in [4.69, 9.17) is 9.73 Å². The molecule has 1 unspecified atom stereocenters. The number of aliphatic imine (C=N–C) groups is 1. The van der Waals surface area contributed by atoms with E-state index in [0.717, 1.165) is 64.0 Å². The zero-order valence-electron chi connectivity index (χ0n) is 17.5. The van der Waals surface area contributed by atoms with Gasteiger partial charge in [-0.3, -0.25) is 4.99 Å². The van der Waals surface area contributed by atoms with Gasteiger partial charge < -0.3 is 25.2 Å². The van der Waals surface area contributed by atoms with Crippen LogP contribution in [0.5, 0.6) is 0 Å². The molecule has 0 spiro atoms. The molecular weight excluding hydrogens is 342 g/mol. The summed E-state index contributed by atoms with van der Waals surface area (Å²) < 4.78 is 5.09. The van der Waals surface area contributed by atoms with Crippen molar-refractivity contribution in [1.29, 1.82) is 0 Å². The zero-order chi connectivity index (χ0) is 19.5. The first-order valence-corrected chi connectivity index (χ1v) is 10.8. The Morgan fingerprint density at radius 2 is 1.93 bits per heavy atom. The van der Waals surface area contributed by atoms with Gasteiger partial charge in [0.25, 0.3) is 0 Å². The second-order valence-corrected chi connectivity index (χ2v) is 7.60. The third-order valence-corrected chi connectivity index (χ3v) is 5.52. The number of amides is 1. The minimum atomic E-state index is -0.191. The van der Waals surface area contributed by atoms with Gasteiger partial charge in [0.05, 0.1) is 6.61 Å². The van der Waals surface area contributed by atoms with Gasteiger partial charge >= 0.3 is 6.09 Å². The molecule has 0 saturated carbocycles. The van der Waals surface area contributed by atoms with Crippen LogP contribution in [-0.2, 0) is 4.74 Å². The molecule has 2 aliphatic heterocycles. The molecule has 7 heteroatoms. The van der Waals surface area contributed by atoms with Crippen molar-refractivity contribution in [2.75, 3.05) is 45.9 Å². The predicted molar refractivity (Wildman–Crippen MR) is 110 cm³/mol. The van der Waals surface area contributed by atoms with Gasteiger partial charge in [0.2, 0.25) is 0 Å². The number of ether oxygens (including phenoxy) is 1. The van der Waals surface area contributed by atoms with Crippen molar-refractivity contribution in [1.82, 2.24) is 20.4 Å². The lowest BCUT2D eigenvalue weighted by Crippen LogP contribution is -2.50. The van der Waals surface area contributed by atoms with Gasteiger partial charge in [-0.05, 0) is 59.4 Å². The van der Waals surface area contributed by atoms with E-state index < -0.39 is 0 Å². The molecule has 2 heterocycles. The Kier molecular flexibility index (Phi) is 9.73. The van der Waals surface area contributed by atoms with E-state index in [-0.39, 0.29) is 6.09 Å². The SMILES string of the molecule is CCNC(=NCCCN1CCCCC1C)NC1CCN(C(=O)OCC)CC1. The lowest BCUT2D eigenvalue weighted by molar-refractivity contribution is 0.0963. The lowest BCUT2D eigenvalue weighted by atomic mass is 10.0. The van der Waals surface area contributed by atoms with Crippen LogP contribution in [0.2, 0.25) is 0 Å². The molecule has 0 aromatic rings. The summed E-state index contributed by atoms with van der Waals surface area (Å²) in [5.41, 5.74) is 0. The number of nitrogens with zero attached hydrogens (tertiary/aromatic N) is 3. The van der Waals surface area contributed by atoms with E-state index in [1.165, 1.54) is 25.8 Å². The molecule has 1 amide bonds. The van der Waals surface area contributed by atoms with Crippen LogP contribution in [0.3, 0.4) is 0 Å². The maximum absolute atomic E-state index is 11.8. The van der Waals surface area contributed by atoms with Gasteiger partial charge in [-0.2, -0.15) is 0 Å². The van der Waals surface area contributed by atoms with Crippen molar-refractivity contribution in [2.45, 2.75) is 71.4 Å². The number of hydrogen-bond acceptors (Lipinski definition) is 4. The largest absolute Gasteiger partial charge is 0.450 e. The molecule has 0 bridgehead atoms. The molecule has 0 radical (unpaired) electrons. The highest BCUT2D eigenvalue weighted by Crippen LogP contribution is 2.16. The average molecular weight is 382 g/mol. The Morgan fingerprint density at radius 1 is 1.15 bits per heavy atom. The van der Waals surface area contributed by atoms with Crippen molar-refractivity contribution in [3.63, 3.8) is 0 Å². The second kappa shape index (κ2) is 12.1. The number of rotatable bonds is 7. The minimum absolute atomic E-state index is 0.191. The van der Waals surface area contributed by atoms with Crippen molar-refractivity contribution in [2.24, 2.45) is 4.99 Å². The Bertz CT molecular complexity index is 463. The summed E-state index contributed by atoms with van der Waals surface area (Å²) in [7, 11) is 0. The summed E-state index contributed by atoms with van der Waals surface area (Å²) in [6, 6.07) is 1.08. The lowest BCUT2D eigenvalue weighted by Gasteiger charge is -2.33. The van der Waals surface area contributed by atoms with Crippen molar-refractivity contribution in [3.8, 4) is 0 Å².